The summed E-state index contributed by atoms with van der Waals surface area (Å²) in [4.78, 5) is 0. The third-order valence-corrected chi connectivity index (χ3v) is 3.33. The van der Waals surface area contributed by atoms with Gasteiger partial charge in [-0.05, 0) is 46.1 Å². The lowest BCUT2D eigenvalue weighted by Gasteiger charge is -2.30. The van der Waals surface area contributed by atoms with Crippen LogP contribution >= 0.6 is 0 Å². The van der Waals surface area contributed by atoms with E-state index in [-0.39, 0.29) is 24.4 Å². The maximum atomic E-state index is 9.38. The van der Waals surface area contributed by atoms with E-state index in [9.17, 15) is 5.11 Å². The van der Waals surface area contributed by atoms with Crippen LogP contribution in [0.2, 0.25) is 0 Å². The minimum Gasteiger partial charge on any atom is -0.394 e. The highest BCUT2D eigenvalue weighted by molar-refractivity contribution is 5.14. The predicted molar refractivity (Wildman–Crippen MR) is 86.5 cm³/mol. The molecule has 0 amide bonds. The molecule has 0 aliphatic heterocycles. The zero-order valence-electron chi connectivity index (χ0n) is 13.8. The van der Waals surface area contributed by atoms with Crippen molar-refractivity contribution in [3.05, 3.63) is 35.9 Å². The van der Waals surface area contributed by atoms with Crippen LogP contribution < -0.4 is 0 Å². The maximum Gasteiger partial charge on any atom is 0.0836 e. The summed E-state index contributed by atoms with van der Waals surface area (Å²) in [7, 11) is 0. The Balaban J connectivity index is 2.28. The Bertz CT molecular complexity index is 373. The number of rotatable bonds is 10. The molecule has 0 saturated heterocycles. The first-order chi connectivity index (χ1) is 9.93. The van der Waals surface area contributed by atoms with E-state index in [1.54, 1.807) is 0 Å². The molecule has 0 bridgehead atoms. The molecule has 1 unspecified atom stereocenters. The number of aliphatic hydroxyl groups excluding tert-OH is 1. The molecule has 1 aromatic rings. The second-order valence-corrected chi connectivity index (χ2v) is 6.39. The van der Waals surface area contributed by atoms with Gasteiger partial charge in [0.25, 0.3) is 0 Å². The fraction of sp³-hybridized carbons (Fsp3) is 0.667. The standard InChI is InChI=1S/C18H30O3/c1-15(2)21-17(14-19)13-18(3,4)20-12-8-11-16-9-6-5-7-10-16/h5-7,9-10,15,17,19H,8,11-14H2,1-4H3. The zero-order chi connectivity index (χ0) is 15.7. The highest BCUT2D eigenvalue weighted by Crippen LogP contribution is 2.20. The van der Waals surface area contributed by atoms with Gasteiger partial charge in [0, 0.05) is 13.0 Å². The minimum atomic E-state index is -0.279. The summed E-state index contributed by atoms with van der Waals surface area (Å²) in [5.74, 6) is 0. The molecule has 1 N–H and O–H groups in total. The van der Waals surface area contributed by atoms with Gasteiger partial charge in [0.2, 0.25) is 0 Å². The van der Waals surface area contributed by atoms with Crippen molar-refractivity contribution in [1.82, 2.24) is 0 Å². The summed E-state index contributed by atoms with van der Waals surface area (Å²) in [6.07, 6.45) is 2.70. The summed E-state index contributed by atoms with van der Waals surface area (Å²) in [6.45, 7) is 8.84. The number of ether oxygens (including phenoxy) is 2. The van der Waals surface area contributed by atoms with Gasteiger partial charge in [0.05, 0.1) is 24.4 Å². The molecule has 0 radical (unpaired) electrons. The summed E-state index contributed by atoms with van der Waals surface area (Å²) in [5.41, 5.74) is 1.06. The van der Waals surface area contributed by atoms with Crippen LogP contribution in [0.5, 0.6) is 0 Å². The lowest BCUT2D eigenvalue weighted by atomic mass is 10.0. The minimum absolute atomic E-state index is 0.0367. The number of hydrogen-bond acceptors (Lipinski definition) is 3. The predicted octanol–water partition coefficient (Wildman–Crippen LogP) is 3.59. The smallest absolute Gasteiger partial charge is 0.0836 e. The topological polar surface area (TPSA) is 38.7 Å². The third kappa shape index (κ3) is 8.20. The fourth-order valence-electron chi connectivity index (χ4n) is 2.42. The summed E-state index contributed by atoms with van der Waals surface area (Å²) in [6, 6.07) is 10.4. The van der Waals surface area contributed by atoms with Crippen LogP contribution in [-0.2, 0) is 15.9 Å². The van der Waals surface area contributed by atoms with Gasteiger partial charge in [-0.25, -0.2) is 0 Å². The van der Waals surface area contributed by atoms with Gasteiger partial charge in [-0.1, -0.05) is 30.3 Å². The molecule has 0 aliphatic carbocycles. The maximum absolute atomic E-state index is 9.38. The number of aryl methyl sites for hydroxylation is 1. The number of aliphatic hydroxyl groups is 1. The van der Waals surface area contributed by atoms with Gasteiger partial charge in [-0.2, -0.15) is 0 Å². The van der Waals surface area contributed by atoms with Crippen LogP contribution in [0.1, 0.15) is 46.1 Å². The van der Waals surface area contributed by atoms with Crippen molar-refractivity contribution in [2.24, 2.45) is 0 Å². The third-order valence-electron chi connectivity index (χ3n) is 3.33. The van der Waals surface area contributed by atoms with Crippen molar-refractivity contribution in [2.75, 3.05) is 13.2 Å². The van der Waals surface area contributed by atoms with E-state index >= 15 is 0 Å². The first-order valence-electron chi connectivity index (χ1n) is 7.87. The van der Waals surface area contributed by atoms with Gasteiger partial charge in [-0.15, -0.1) is 0 Å². The molecule has 21 heavy (non-hydrogen) atoms. The lowest BCUT2D eigenvalue weighted by Crippen LogP contribution is -2.34. The SMILES string of the molecule is CC(C)OC(CO)CC(C)(C)OCCCc1ccccc1. The Morgan fingerprint density at radius 2 is 1.81 bits per heavy atom. The fourth-order valence-corrected chi connectivity index (χ4v) is 2.42. The number of benzene rings is 1. The van der Waals surface area contributed by atoms with Crippen LogP contribution in [0.15, 0.2) is 30.3 Å². The van der Waals surface area contributed by atoms with E-state index in [0.29, 0.717) is 6.42 Å². The van der Waals surface area contributed by atoms with Crippen LogP contribution in [-0.4, -0.2) is 36.1 Å². The second kappa shape index (κ2) is 9.19. The van der Waals surface area contributed by atoms with Gasteiger partial charge in [-0.3, -0.25) is 0 Å². The summed E-state index contributed by atoms with van der Waals surface area (Å²) >= 11 is 0. The summed E-state index contributed by atoms with van der Waals surface area (Å²) < 4.78 is 11.7. The molecule has 0 spiro atoms. The molecule has 1 aromatic carbocycles. The average Bonchev–Trinajstić information content (AvgIpc) is 2.43. The van der Waals surface area contributed by atoms with E-state index in [1.165, 1.54) is 5.56 Å². The van der Waals surface area contributed by atoms with Gasteiger partial charge < -0.3 is 14.6 Å². The molecule has 1 rings (SSSR count). The van der Waals surface area contributed by atoms with Crippen molar-refractivity contribution >= 4 is 0 Å². The molecule has 3 nitrogen and oxygen atoms in total. The first-order valence-corrected chi connectivity index (χ1v) is 7.87. The Morgan fingerprint density at radius 1 is 1.14 bits per heavy atom. The summed E-state index contributed by atoms with van der Waals surface area (Å²) in [5, 5.41) is 9.38. The van der Waals surface area contributed by atoms with Crippen LogP contribution in [0.3, 0.4) is 0 Å². The molecule has 3 heteroatoms. The van der Waals surface area contributed by atoms with Crippen LogP contribution in [0.25, 0.3) is 0 Å². The molecule has 0 saturated carbocycles. The normalized spacial score (nSPS) is 13.6. The van der Waals surface area contributed by atoms with Crippen molar-refractivity contribution in [1.29, 1.82) is 0 Å². The molecule has 0 heterocycles. The molecule has 0 aromatic heterocycles. The highest BCUT2D eigenvalue weighted by Gasteiger charge is 2.24. The molecule has 120 valence electrons. The van der Waals surface area contributed by atoms with E-state index in [1.807, 2.05) is 19.9 Å². The monoisotopic (exact) mass is 294 g/mol. The van der Waals surface area contributed by atoms with E-state index in [2.05, 4.69) is 38.1 Å². The molecular formula is C18H30O3. The molecular weight excluding hydrogens is 264 g/mol. The molecule has 0 fully saturated rings. The number of hydrogen-bond donors (Lipinski definition) is 1. The average molecular weight is 294 g/mol. The Morgan fingerprint density at radius 3 is 2.38 bits per heavy atom. The molecule has 0 aliphatic rings. The Kier molecular flexibility index (Phi) is 7.94. The Hall–Kier alpha value is -0.900. The second-order valence-electron chi connectivity index (χ2n) is 6.39. The lowest BCUT2D eigenvalue weighted by molar-refractivity contribution is -0.0920. The van der Waals surface area contributed by atoms with Crippen molar-refractivity contribution < 1.29 is 14.6 Å². The van der Waals surface area contributed by atoms with E-state index in [0.717, 1.165) is 19.4 Å². The van der Waals surface area contributed by atoms with Gasteiger partial charge in [0.1, 0.15) is 0 Å². The van der Waals surface area contributed by atoms with Crippen molar-refractivity contribution in [3.63, 3.8) is 0 Å². The molecule has 1 atom stereocenters. The van der Waals surface area contributed by atoms with Crippen LogP contribution in [0.4, 0.5) is 0 Å². The zero-order valence-corrected chi connectivity index (χ0v) is 13.8. The first kappa shape index (κ1) is 18.1. The van der Waals surface area contributed by atoms with Gasteiger partial charge in [0.15, 0.2) is 0 Å². The van der Waals surface area contributed by atoms with E-state index in [4.69, 9.17) is 9.47 Å². The van der Waals surface area contributed by atoms with Crippen molar-refractivity contribution in [2.45, 2.75) is 64.8 Å². The largest absolute Gasteiger partial charge is 0.394 e. The highest BCUT2D eigenvalue weighted by atomic mass is 16.5. The quantitative estimate of drug-likeness (QED) is 0.670. The Labute approximate surface area is 129 Å². The van der Waals surface area contributed by atoms with Crippen LogP contribution in [0, 0.1) is 0 Å². The van der Waals surface area contributed by atoms with Crippen molar-refractivity contribution in [3.8, 4) is 0 Å². The van der Waals surface area contributed by atoms with Gasteiger partial charge >= 0.3 is 0 Å². The van der Waals surface area contributed by atoms with E-state index < -0.39 is 0 Å².